The lowest BCUT2D eigenvalue weighted by molar-refractivity contribution is 0.0925. The van der Waals surface area contributed by atoms with Crippen LogP contribution in [0.15, 0.2) is 57.0 Å². The molecule has 1 N–H and O–H groups in total. The maximum absolute atomic E-state index is 12.7. The minimum Gasteiger partial charge on any atom is -0.351 e. The maximum atomic E-state index is 12.7. The molecule has 134 valence electrons. The van der Waals surface area contributed by atoms with E-state index in [4.69, 9.17) is 0 Å². The van der Waals surface area contributed by atoms with Crippen molar-refractivity contribution in [2.75, 3.05) is 27.2 Å². The summed E-state index contributed by atoms with van der Waals surface area (Å²) in [5, 5.41) is 3.77. The number of halogens is 1. The third-order valence-electron chi connectivity index (χ3n) is 3.52. The number of nitrogens with zero attached hydrogens (tertiary/aromatic N) is 2. The van der Waals surface area contributed by atoms with E-state index in [2.05, 4.69) is 45.0 Å². The Bertz CT molecular complexity index is 717. The number of hydrogen-bond donors (Lipinski definition) is 1. The highest BCUT2D eigenvalue weighted by molar-refractivity contribution is 9.10. The second-order valence-electron chi connectivity index (χ2n) is 7.00. The van der Waals surface area contributed by atoms with Crippen LogP contribution in [0.3, 0.4) is 0 Å². The molecule has 0 atom stereocenters. The predicted molar refractivity (Wildman–Crippen MR) is 107 cm³/mol. The topological polar surface area (TPSA) is 45.2 Å². The van der Waals surface area contributed by atoms with E-state index in [-0.39, 0.29) is 11.3 Å². The summed E-state index contributed by atoms with van der Waals surface area (Å²) in [4.78, 5) is 20.2. The van der Waals surface area contributed by atoms with Gasteiger partial charge in [-0.05, 0) is 55.9 Å². The molecule has 2 aromatic rings. The standard InChI is InChI=1S/C19H24BrN3OS/c1-19(2,13-23(3)4)12-22-17(24)16-6-5-11-21-18(16)25-15-9-7-14(20)8-10-15/h5-11H,12-13H2,1-4H3,(H,22,24). The predicted octanol–water partition coefficient (Wildman–Crippen LogP) is 4.31. The van der Waals surface area contributed by atoms with Crippen molar-refractivity contribution in [1.29, 1.82) is 0 Å². The summed E-state index contributed by atoms with van der Waals surface area (Å²) < 4.78 is 1.03. The summed E-state index contributed by atoms with van der Waals surface area (Å²) in [7, 11) is 4.08. The molecule has 1 aromatic heterocycles. The molecule has 2 rings (SSSR count). The Hall–Kier alpha value is -1.37. The molecule has 1 aromatic carbocycles. The van der Waals surface area contributed by atoms with E-state index in [0.717, 1.165) is 15.9 Å². The fraction of sp³-hybridized carbons (Fsp3) is 0.368. The van der Waals surface area contributed by atoms with Crippen LogP contribution < -0.4 is 5.32 Å². The Morgan fingerprint density at radius 1 is 1.24 bits per heavy atom. The van der Waals surface area contributed by atoms with Crippen molar-refractivity contribution in [1.82, 2.24) is 15.2 Å². The van der Waals surface area contributed by atoms with Crippen molar-refractivity contribution >= 4 is 33.6 Å². The number of nitrogens with one attached hydrogen (secondary N) is 1. The third kappa shape index (κ3) is 6.45. The lowest BCUT2D eigenvalue weighted by atomic mass is 9.93. The average molecular weight is 422 g/mol. The van der Waals surface area contributed by atoms with Crippen molar-refractivity contribution in [3.63, 3.8) is 0 Å². The van der Waals surface area contributed by atoms with Gasteiger partial charge in [0, 0.05) is 28.7 Å². The fourth-order valence-corrected chi connectivity index (χ4v) is 3.73. The van der Waals surface area contributed by atoms with E-state index in [1.165, 1.54) is 11.8 Å². The largest absolute Gasteiger partial charge is 0.351 e. The first kappa shape index (κ1) is 19.9. The minimum atomic E-state index is -0.0838. The number of aromatic nitrogens is 1. The van der Waals surface area contributed by atoms with Gasteiger partial charge in [-0.2, -0.15) is 0 Å². The zero-order valence-electron chi connectivity index (χ0n) is 15.0. The van der Waals surface area contributed by atoms with Gasteiger partial charge in [-0.25, -0.2) is 4.98 Å². The van der Waals surface area contributed by atoms with E-state index >= 15 is 0 Å². The first-order valence-corrected chi connectivity index (χ1v) is 9.69. The van der Waals surface area contributed by atoms with Gasteiger partial charge >= 0.3 is 0 Å². The Morgan fingerprint density at radius 3 is 2.56 bits per heavy atom. The normalized spacial score (nSPS) is 11.6. The van der Waals surface area contributed by atoms with Crippen LogP contribution in [-0.2, 0) is 0 Å². The van der Waals surface area contributed by atoms with Crippen molar-refractivity contribution in [2.45, 2.75) is 23.8 Å². The molecule has 0 saturated carbocycles. The Balaban J connectivity index is 2.08. The van der Waals surface area contributed by atoms with Crippen molar-refractivity contribution in [2.24, 2.45) is 5.41 Å². The van der Waals surface area contributed by atoms with E-state index in [1.807, 2.05) is 44.4 Å². The Kier molecular flexibility index (Phi) is 7.04. The van der Waals surface area contributed by atoms with Crippen molar-refractivity contribution in [3.8, 4) is 0 Å². The van der Waals surface area contributed by atoms with Crippen LogP contribution in [0, 0.1) is 5.41 Å². The zero-order chi connectivity index (χ0) is 18.4. The summed E-state index contributed by atoms with van der Waals surface area (Å²) in [6.45, 7) is 5.81. The first-order valence-electron chi connectivity index (χ1n) is 8.08. The summed E-state index contributed by atoms with van der Waals surface area (Å²) in [5.74, 6) is -0.0838. The van der Waals surface area contributed by atoms with Crippen LogP contribution >= 0.6 is 27.7 Å². The molecular formula is C19H24BrN3OS. The number of amides is 1. The highest BCUT2D eigenvalue weighted by Crippen LogP contribution is 2.29. The highest BCUT2D eigenvalue weighted by atomic mass is 79.9. The second kappa shape index (κ2) is 8.83. The van der Waals surface area contributed by atoms with Gasteiger partial charge in [0.1, 0.15) is 5.03 Å². The molecule has 4 nitrogen and oxygen atoms in total. The molecule has 0 aliphatic carbocycles. The van der Waals surface area contributed by atoms with Crippen LogP contribution in [0.1, 0.15) is 24.2 Å². The van der Waals surface area contributed by atoms with Gasteiger partial charge in [0.05, 0.1) is 5.56 Å². The summed E-state index contributed by atoms with van der Waals surface area (Å²) in [5.41, 5.74) is 0.608. The Labute approximate surface area is 162 Å². The van der Waals surface area contributed by atoms with Crippen LogP contribution in [0.25, 0.3) is 0 Å². The Morgan fingerprint density at radius 2 is 1.92 bits per heavy atom. The highest BCUT2D eigenvalue weighted by Gasteiger charge is 2.21. The number of carbonyl (C=O) groups excluding carboxylic acids is 1. The molecule has 6 heteroatoms. The molecule has 0 spiro atoms. The van der Waals surface area contributed by atoms with Gasteiger partial charge < -0.3 is 10.2 Å². The summed E-state index contributed by atoms with van der Waals surface area (Å²) >= 11 is 4.93. The molecule has 0 aliphatic rings. The van der Waals surface area contributed by atoms with Crippen molar-refractivity contribution in [3.05, 3.63) is 52.6 Å². The molecule has 0 saturated heterocycles. The first-order chi connectivity index (χ1) is 11.8. The van der Waals surface area contributed by atoms with Gasteiger partial charge in [-0.15, -0.1) is 0 Å². The molecule has 0 fully saturated rings. The molecule has 1 amide bonds. The number of benzene rings is 1. The van der Waals surface area contributed by atoms with Gasteiger partial charge in [0.15, 0.2) is 0 Å². The van der Waals surface area contributed by atoms with E-state index in [0.29, 0.717) is 17.1 Å². The maximum Gasteiger partial charge on any atom is 0.254 e. The van der Waals surface area contributed by atoms with E-state index in [9.17, 15) is 4.79 Å². The van der Waals surface area contributed by atoms with Crippen LogP contribution in [0.5, 0.6) is 0 Å². The third-order valence-corrected chi connectivity index (χ3v) is 5.07. The van der Waals surface area contributed by atoms with Gasteiger partial charge in [0.2, 0.25) is 0 Å². The minimum absolute atomic E-state index is 0.000379. The average Bonchev–Trinajstić information content (AvgIpc) is 2.54. The smallest absolute Gasteiger partial charge is 0.254 e. The monoisotopic (exact) mass is 421 g/mol. The van der Waals surface area contributed by atoms with Crippen molar-refractivity contribution < 1.29 is 4.79 Å². The quantitative estimate of drug-likeness (QED) is 0.722. The van der Waals surface area contributed by atoms with E-state index in [1.54, 1.807) is 12.3 Å². The summed E-state index contributed by atoms with van der Waals surface area (Å²) in [6.07, 6.45) is 1.72. The molecule has 0 aliphatic heterocycles. The molecule has 25 heavy (non-hydrogen) atoms. The zero-order valence-corrected chi connectivity index (χ0v) is 17.4. The molecular weight excluding hydrogens is 398 g/mol. The van der Waals surface area contributed by atoms with Crippen LogP contribution in [0.4, 0.5) is 0 Å². The number of rotatable bonds is 7. The summed E-state index contributed by atoms with van der Waals surface area (Å²) in [6, 6.07) is 11.6. The number of hydrogen-bond acceptors (Lipinski definition) is 4. The molecule has 0 unspecified atom stereocenters. The van der Waals surface area contributed by atoms with Crippen LogP contribution in [-0.4, -0.2) is 43.0 Å². The lowest BCUT2D eigenvalue weighted by Gasteiger charge is -2.28. The molecule has 1 heterocycles. The number of carbonyl (C=O) groups is 1. The van der Waals surface area contributed by atoms with Crippen LogP contribution in [0.2, 0.25) is 0 Å². The lowest BCUT2D eigenvalue weighted by Crippen LogP contribution is -2.40. The SMILES string of the molecule is CN(C)CC(C)(C)CNC(=O)c1cccnc1Sc1ccc(Br)cc1. The second-order valence-corrected chi connectivity index (χ2v) is 8.97. The molecule has 0 radical (unpaired) electrons. The van der Waals surface area contributed by atoms with Gasteiger partial charge in [-0.3, -0.25) is 4.79 Å². The van der Waals surface area contributed by atoms with Gasteiger partial charge in [-0.1, -0.05) is 41.5 Å². The number of pyridine rings is 1. The molecule has 0 bridgehead atoms. The van der Waals surface area contributed by atoms with E-state index < -0.39 is 0 Å². The van der Waals surface area contributed by atoms with Gasteiger partial charge in [0.25, 0.3) is 5.91 Å². The fourth-order valence-electron chi connectivity index (χ4n) is 2.59.